The topological polar surface area (TPSA) is 56.5 Å². The maximum absolute atomic E-state index is 10.4. The Bertz CT molecular complexity index is 583. The molecule has 1 atom stereocenters. The van der Waals surface area contributed by atoms with Gasteiger partial charge in [0.15, 0.2) is 11.5 Å². The van der Waals surface area contributed by atoms with Crippen molar-refractivity contribution in [3.05, 3.63) is 40.1 Å². The molecule has 0 radical (unpaired) electrons. The second kappa shape index (κ2) is 5.63. The van der Waals surface area contributed by atoms with E-state index in [9.17, 15) is 5.11 Å². The predicted octanol–water partition coefficient (Wildman–Crippen LogP) is 2.28. The summed E-state index contributed by atoms with van der Waals surface area (Å²) in [5, 5.41) is 14.5. The van der Waals surface area contributed by atoms with E-state index in [2.05, 4.69) is 21.0 Å². The zero-order valence-electron chi connectivity index (χ0n) is 10.9. The quantitative estimate of drug-likeness (QED) is 0.936. The Morgan fingerprint density at radius 1 is 1.26 bits per heavy atom. The molecule has 2 aromatic rings. The van der Waals surface area contributed by atoms with Crippen LogP contribution in [0.4, 0.5) is 0 Å². The molecule has 0 saturated carbocycles. The smallest absolute Gasteiger partial charge is 0.161 e. The van der Waals surface area contributed by atoms with E-state index < -0.39 is 6.10 Å². The van der Waals surface area contributed by atoms with Gasteiger partial charge in [0.25, 0.3) is 0 Å². The molecule has 0 fully saturated rings. The Balaban J connectivity index is 2.48. The first kappa shape index (κ1) is 13.9. The number of rotatable bonds is 4. The van der Waals surface area contributed by atoms with E-state index in [1.54, 1.807) is 50.3 Å². The van der Waals surface area contributed by atoms with Gasteiger partial charge in [-0.25, -0.2) is 0 Å². The minimum Gasteiger partial charge on any atom is -0.493 e. The van der Waals surface area contributed by atoms with E-state index in [0.717, 1.165) is 4.47 Å². The predicted molar refractivity (Wildman–Crippen MR) is 74.5 cm³/mol. The van der Waals surface area contributed by atoms with Crippen LogP contribution in [0.5, 0.6) is 11.5 Å². The SMILES string of the molecule is COc1cc(Br)c(C(O)c2ccnn2C)cc1OC. The van der Waals surface area contributed by atoms with Crippen molar-refractivity contribution in [2.45, 2.75) is 6.10 Å². The Kier molecular flexibility index (Phi) is 4.11. The summed E-state index contributed by atoms with van der Waals surface area (Å²) < 4.78 is 12.8. The molecule has 5 nitrogen and oxygen atoms in total. The molecule has 0 saturated heterocycles. The summed E-state index contributed by atoms with van der Waals surface area (Å²) in [7, 11) is 4.92. The van der Waals surface area contributed by atoms with Crippen LogP contribution >= 0.6 is 15.9 Å². The molecule has 1 N–H and O–H groups in total. The fourth-order valence-corrected chi connectivity index (χ4v) is 2.43. The highest BCUT2D eigenvalue weighted by Gasteiger charge is 2.19. The minimum absolute atomic E-state index is 0.571. The Morgan fingerprint density at radius 3 is 2.42 bits per heavy atom. The summed E-state index contributed by atoms with van der Waals surface area (Å²) >= 11 is 3.44. The van der Waals surface area contributed by atoms with Gasteiger partial charge in [0.05, 0.1) is 19.9 Å². The minimum atomic E-state index is -0.790. The first-order chi connectivity index (χ1) is 9.08. The highest BCUT2D eigenvalue weighted by molar-refractivity contribution is 9.10. The van der Waals surface area contributed by atoms with Crippen molar-refractivity contribution in [3.63, 3.8) is 0 Å². The maximum atomic E-state index is 10.4. The fourth-order valence-electron chi connectivity index (χ4n) is 1.89. The molecular weight excluding hydrogens is 312 g/mol. The van der Waals surface area contributed by atoms with Crippen LogP contribution < -0.4 is 9.47 Å². The van der Waals surface area contributed by atoms with Gasteiger partial charge in [0.1, 0.15) is 6.10 Å². The standard InChI is InChI=1S/C13H15BrN2O3/c1-16-10(4-5-15-16)13(17)8-6-11(18-2)12(19-3)7-9(8)14/h4-7,13,17H,1-3H3. The van der Waals surface area contributed by atoms with Crippen LogP contribution in [0, 0.1) is 0 Å². The Labute approximate surface area is 119 Å². The van der Waals surface area contributed by atoms with Crippen molar-refractivity contribution in [2.24, 2.45) is 7.05 Å². The third-order valence-corrected chi connectivity index (χ3v) is 3.62. The summed E-state index contributed by atoms with van der Waals surface area (Å²) in [6.45, 7) is 0. The van der Waals surface area contributed by atoms with Gasteiger partial charge in [0.2, 0.25) is 0 Å². The normalized spacial score (nSPS) is 12.3. The van der Waals surface area contributed by atoms with Gasteiger partial charge >= 0.3 is 0 Å². The lowest BCUT2D eigenvalue weighted by molar-refractivity contribution is 0.208. The largest absolute Gasteiger partial charge is 0.493 e. The number of hydrogen-bond acceptors (Lipinski definition) is 4. The number of hydrogen-bond donors (Lipinski definition) is 1. The fraction of sp³-hybridized carbons (Fsp3) is 0.308. The molecule has 0 aliphatic heterocycles. The number of aliphatic hydroxyl groups excluding tert-OH is 1. The first-order valence-electron chi connectivity index (χ1n) is 5.66. The molecule has 2 rings (SSSR count). The third kappa shape index (κ3) is 2.59. The number of aliphatic hydroxyl groups is 1. The van der Waals surface area contributed by atoms with Crippen molar-refractivity contribution >= 4 is 15.9 Å². The average molecular weight is 327 g/mol. The molecule has 0 amide bonds. The lowest BCUT2D eigenvalue weighted by Gasteiger charge is -2.16. The van der Waals surface area contributed by atoms with Crippen molar-refractivity contribution in [3.8, 4) is 11.5 Å². The lowest BCUT2D eigenvalue weighted by Crippen LogP contribution is -2.07. The number of methoxy groups -OCH3 is 2. The number of nitrogens with zero attached hydrogens (tertiary/aromatic N) is 2. The zero-order valence-corrected chi connectivity index (χ0v) is 12.5. The molecule has 6 heteroatoms. The van der Waals surface area contributed by atoms with Crippen molar-refractivity contribution < 1.29 is 14.6 Å². The molecule has 0 spiro atoms. The van der Waals surface area contributed by atoms with Gasteiger partial charge in [-0.05, 0) is 18.2 Å². The van der Waals surface area contributed by atoms with Crippen LogP contribution in [-0.4, -0.2) is 29.1 Å². The summed E-state index contributed by atoms with van der Waals surface area (Å²) in [6, 6.07) is 5.29. The van der Waals surface area contributed by atoms with Crippen molar-refractivity contribution in [2.75, 3.05) is 14.2 Å². The molecule has 1 heterocycles. The summed E-state index contributed by atoms with van der Waals surface area (Å²) in [4.78, 5) is 0. The van der Waals surface area contributed by atoms with Gasteiger partial charge in [-0.1, -0.05) is 15.9 Å². The van der Waals surface area contributed by atoms with E-state index in [1.807, 2.05) is 0 Å². The molecular formula is C13H15BrN2O3. The Hall–Kier alpha value is -1.53. The second-order valence-electron chi connectivity index (χ2n) is 4.01. The molecule has 0 aliphatic rings. The van der Waals surface area contributed by atoms with E-state index >= 15 is 0 Å². The summed E-state index contributed by atoms with van der Waals surface area (Å²) in [5.41, 5.74) is 1.40. The number of halogens is 1. The zero-order chi connectivity index (χ0) is 14.0. The van der Waals surface area contributed by atoms with Gasteiger partial charge < -0.3 is 14.6 Å². The molecule has 19 heavy (non-hydrogen) atoms. The van der Waals surface area contributed by atoms with Gasteiger partial charge in [0, 0.05) is 23.3 Å². The van der Waals surface area contributed by atoms with Crippen molar-refractivity contribution in [1.29, 1.82) is 0 Å². The lowest BCUT2D eigenvalue weighted by atomic mass is 10.1. The highest BCUT2D eigenvalue weighted by Crippen LogP contribution is 2.37. The average Bonchev–Trinajstić information content (AvgIpc) is 2.83. The van der Waals surface area contributed by atoms with E-state index in [-0.39, 0.29) is 0 Å². The monoisotopic (exact) mass is 326 g/mol. The third-order valence-electron chi connectivity index (χ3n) is 2.94. The number of ether oxygens (including phenoxy) is 2. The summed E-state index contributed by atoms with van der Waals surface area (Å²) in [6.07, 6.45) is 0.856. The van der Waals surface area contributed by atoms with Crippen LogP contribution in [0.15, 0.2) is 28.9 Å². The van der Waals surface area contributed by atoms with Crippen molar-refractivity contribution in [1.82, 2.24) is 9.78 Å². The van der Waals surface area contributed by atoms with Crippen LogP contribution in [0.2, 0.25) is 0 Å². The second-order valence-corrected chi connectivity index (χ2v) is 4.87. The number of benzene rings is 1. The summed E-state index contributed by atoms with van der Waals surface area (Å²) in [5.74, 6) is 1.18. The maximum Gasteiger partial charge on any atom is 0.161 e. The molecule has 102 valence electrons. The van der Waals surface area contributed by atoms with E-state index in [1.165, 1.54) is 0 Å². The number of aryl methyl sites for hydroxylation is 1. The van der Waals surface area contributed by atoms with Gasteiger partial charge in [-0.3, -0.25) is 4.68 Å². The van der Waals surface area contributed by atoms with Crippen LogP contribution in [0.25, 0.3) is 0 Å². The van der Waals surface area contributed by atoms with E-state index in [4.69, 9.17) is 9.47 Å². The van der Waals surface area contributed by atoms with Crippen LogP contribution in [-0.2, 0) is 7.05 Å². The van der Waals surface area contributed by atoms with Gasteiger partial charge in [-0.15, -0.1) is 0 Å². The highest BCUT2D eigenvalue weighted by atomic mass is 79.9. The molecule has 0 aliphatic carbocycles. The van der Waals surface area contributed by atoms with Crippen LogP contribution in [0.1, 0.15) is 17.4 Å². The number of aromatic nitrogens is 2. The molecule has 1 unspecified atom stereocenters. The molecule has 1 aromatic heterocycles. The van der Waals surface area contributed by atoms with E-state index in [0.29, 0.717) is 22.8 Å². The first-order valence-corrected chi connectivity index (χ1v) is 6.45. The van der Waals surface area contributed by atoms with Gasteiger partial charge in [-0.2, -0.15) is 5.10 Å². The molecule has 0 bridgehead atoms. The molecule has 1 aromatic carbocycles. The Morgan fingerprint density at radius 2 is 1.89 bits per heavy atom. The van der Waals surface area contributed by atoms with Crippen LogP contribution in [0.3, 0.4) is 0 Å².